The van der Waals surface area contributed by atoms with Crippen molar-refractivity contribution in [1.29, 1.82) is 0 Å². The maximum Gasteiger partial charge on any atom is 0.261 e. The summed E-state index contributed by atoms with van der Waals surface area (Å²) >= 11 is 0. The van der Waals surface area contributed by atoms with Crippen molar-refractivity contribution >= 4 is 21.4 Å². The van der Waals surface area contributed by atoms with Crippen molar-refractivity contribution in [3.8, 4) is 11.3 Å². The molecule has 0 aliphatic carbocycles. The number of nitrogens with zero attached hydrogens (tertiary/aromatic N) is 1. The molecule has 2 aromatic carbocycles. The number of nitrogens with one attached hydrogen (secondary N) is 1. The lowest BCUT2D eigenvalue weighted by Gasteiger charge is -2.14. The normalized spacial score (nSPS) is 11.2. The molecule has 3 N–H and O–H groups in total. The van der Waals surface area contributed by atoms with Crippen LogP contribution >= 0.6 is 0 Å². The SMILES string of the molecule is Cc1cccc(NS(=O)(=O)c2ccc(N)cc2)c1-c1ccccn1. The van der Waals surface area contributed by atoms with E-state index in [-0.39, 0.29) is 4.90 Å². The Bertz CT molecular complexity index is 953. The molecule has 0 amide bonds. The van der Waals surface area contributed by atoms with Crippen LogP contribution in [-0.4, -0.2) is 13.4 Å². The highest BCUT2D eigenvalue weighted by Crippen LogP contribution is 2.31. The van der Waals surface area contributed by atoms with E-state index in [9.17, 15) is 8.42 Å². The van der Waals surface area contributed by atoms with Crippen LogP contribution in [-0.2, 0) is 10.0 Å². The van der Waals surface area contributed by atoms with Crippen molar-refractivity contribution in [2.45, 2.75) is 11.8 Å². The van der Waals surface area contributed by atoms with E-state index in [1.54, 1.807) is 24.4 Å². The quantitative estimate of drug-likeness (QED) is 0.713. The predicted octanol–water partition coefficient (Wildman–Crippen LogP) is 3.44. The van der Waals surface area contributed by atoms with Gasteiger partial charge in [-0.05, 0) is 55.0 Å². The van der Waals surface area contributed by atoms with Crippen molar-refractivity contribution < 1.29 is 8.42 Å². The number of aryl methyl sites for hydroxylation is 1. The number of aromatic nitrogens is 1. The molecule has 122 valence electrons. The minimum absolute atomic E-state index is 0.158. The molecule has 0 aliphatic heterocycles. The minimum Gasteiger partial charge on any atom is -0.399 e. The second kappa shape index (κ2) is 6.33. The number of rotatable bonds is 4. The van der Waals surface area contributed by atoms with Gasteiger partial charge in [0.2, 0.25) is 0 Å². The first kappa shape index (κ1) is 16.0. The summed E-state index contributed by atoms with van der Waals surface area (Å²) in [5.74, 6) is 0. The van der Waals surface area contributed by atoms with Gasteiger partial charge >= 0.3 is 0 Å². The van der Waals surface area contributed by atoms with Crippen molar-refractivity contribution in [2.24, 2.45) is 0 Å². The number of sulfonamides is 1. The molecular weight excluding hydrogens is 322 g/mol. The first-order chi connectivity index (χ1) is 11.5. The molecule has 5 nitrogen and oxygen atoms in total. The van der Waals surface area contributed by atoms with E-state index in [1.165, 1.54) is 12.1 Å². The highest BCUT2D eigenvalue weighted by atomic mass is 32.2. The largest absolute Gasteiger partial charge is 0.399 e. The van der Waals surface area contributed by atoms with Gasteiger partial charge in [-0.2, -0.15) is 0 Å². The summed E-state index contributed by atoms with van der Waals surface area (Å²) in [5.41, 5.74) is 9.03. The zero-order valence-electron chi connectivity index (χ0n) is 13.1. The number of hydrogen-bond acceptors (Lipinski definition) is 4. The number of pyridine rings is 1. The molecule has 0 aliphatic rings. The lowest BCUT2D eigenvalue weighted by Crippen LogP contribution is -2.14. The molecule has 24 heavy (non-hydrogen) atoms. The van der Waals surface area contributed by atoms with E-state index < -0.39 is 10.0 Å². The molecule has 3 aromatic rings. The summed E-state index contributed by atoms with van der Waals surface area (Å²) in [7, 11) is -3.71. The van der Waals surface area contributed by atoms with Crippen LogP contribution < -0.4 is 10.5 Å². The van der Waals surface area contributed by atoms with E-state index in [1.807, 2.05) is 37.3 Å². The number of nitrogens with two attached hydrogens (primary N) is 1. The van der Waals surface area contributed by atoms with Crippen LogP contribution in [0.5, 0.6) is 0 Å². The molecule has 3 rings (SSSR count). The zero-order chi connectivity index (χ0) is 17.2. The molecule has 1 heterocycles. The van der Waals surface area contributed by atoms with Gasteiger partial charge in [-0.3, -0.25) is 9.71 Å². The second-order valence-corrected chi connectivity index (χ2v) is 7.07. The van der Waals surface area contributed by atoms with Gasteiger partial charge in [0.15, 0.2) is 0 Å². The molecule has 0 unspecified atom stereocenters. The molecule has 0 bridgehead atoms. The fourth-order valence-corrected chi connectivity index (χ4v) is 3.53. The maximum atomic E-state index is 12.6. The monoisotopic (exact) mass is 339 g/mol. The van der Waals surface area contributed by atoms with Gasteiger partial charge in [0.05, 0.1) is 16.3 Å². The smallest absolute Gasteiger partial charge is 0.261 e. The molecule has 0 fully saturated rings. The first-order valence-corrected chi connectivity index (χ1v) is 8.85. The van der Waals surface area contributed by atoms with Gasteiger partial charge in [-0.15, -0.1) is 0 Å². The average molecular weight is 339 g/mol. The van der Waals surface area contributed by atoms with Gasteiger partial charge in [0, 0.05) is 17.4 Å². The maximum absolute atomic E-state index is 12.6. The van der Waals surface area contributed by atoms with Crippen LogP contribution in [0.15, 0.2) is 71.8 Å². The minimum atomic E-state index is -3.71. The summed E-state index contributed by atoms with van der Waals surface area (Å²) in [6.45, 7) is 1.92. The van der Waals surface area contributed by atoms with Crippen LogP contribution in [0.1, 0.15) is 5.56 Å². The lowest BCUT2D eigenvalue weighted by molar-refractivity contribution is 0.601. The van der Waals surface area contributed by atoms with Crippen LogP contribution in [0, 0.1) is 6.92 Å². The Morgan fingerprint density at radius 1 is 0.958 bits per heavy atom. The molecule has 1 aromatic heterocycles. The van der Waals surface area contributed by atoms with E-state index in [0.717, 1.165) is 11.1 Å². The topological polar surface area (TPSA) is 85.1 Å². The van der Waals surface area contributed by atoms with Crippen molar-refractivity contribution in [3.63, 3.8) is 0 Å². The average Bonchev–Trinajstić information content (AvgIpc) is 2.56. The fourth-order valence-electron chi connectivity index (χ4n) is 2.45. The Kier molecular flexibility index (Phi) is 4.22. The van der Waals surface area contributed by atoms with Crippen molar-refractivity contribution in [3.05, 3.63) is 72.4 Å². The van der Waals surface area contributed by atoms with Crippen LogP contribution in [0.2, 0.25) is 0 Å². The Balaban J connectivity index is 2.05. The first-order valence-electron chi connectivity index (χ1n) is 7.37. The Morgan fingerprint density at radius 3 is 2.38 bits per heavy atom. The third-order valence-electron chi connectivity index (χ3n) is 3.63. The predicted molar refractivity (Wildman–Crippen MR) is 96.1 cm³/mol. The zero-order valence-corrected chi connectivity index (χ0v) is 13.9. The molecule has 0 spiro atoms. The summed E-state index contributed by atoms with van der Waals surface area (Å²) in [4.78, 5) is 4.49. The number of hydrogen-bond donors (Lipinski definition) is 2. The fraction of sp³-hybridized carbons (Fsp3) is 0.0556. The van der Waals surface area contributed by atoms with E-state index in [0.29, 0.717) is 17.1 Å². The molecule has 0 saturated heterocycles. The Hall–Kier alpha value is -2.86. The third-order valence-corrected chi connectivity index (χ3v) is 5.01. The van der Waals surface area contributed by atoms with Crippen LogP contribution in [0.4, 0.5) is 11.4 Å². The number of anilines is 2. The van der Waals surface area contributed by atoms with Gasteiger partial charge < -0.3 is 5.73 Å². The summed E-state index contributed by atoms with van der Waals surface area (Å²) in [6, 6.07) is 17.1. The summed E-state index contributed by atoms with van der Waals surface area (Å²) in [6.07, 6.45) is 1.68. The van der Waals surface area contributed by atoms with Crippen LogP contribution in [0.25, 0.3) is 11.3 Å². The van der Waals surface area contributed by atoms with Gasteiger partial charge in [0.25, 0.3) is 10.0 Å². The van der Waals surface area contributed by atoms with Crippen LogP contribution in [0.3, 0.4) is 0 Å². The molecule has 0 saturated carbocycles. The molecular formula is C18H17N3O2S. The molecule has 0 radical (unpaired) electrons. The summed E-state index contributed by atoms with van der Waals surface area (Å²) < 4.78 is 27.9. The highest BCUT2D eigenvalue weighted by Gasteiger charge is 2.17. The summed E-state index contributed by atoms with van der Waals surface area (Å²) in [5, 5.41) is 0. The highest BCUT2D eigenvalue weighted by molar-refractivity contribution is 7.92. The standard InChI is InChI=1S/C18H17N3O2S/c1-13-5-4-7-17(18(13)16-6-2-3-12-20-16)21-24(22,23)15-10-8-14(19)9-11-15/h2-12,21H,19H2,1H3. The van der Waals surface area contributed by atoms with Crippen molar-refractivity contribution in [1.82, 2.24) is 4.98 Å². The lowest BCUT2D eigenvalue weighted by atomic mass is 10.0. The number of nitrogen functional groups attached to an aromatic ring is 1. The molecule has 0 atom stereocenters. The third kappa shape index (κ3) is 3.23. The Labute approximate surface area is 141 Å². The van der Waals surface area contributed by atoms with Gasteiger partial charge in [-0.25, -0.2) is 8.42 Å². The molecule has 6 heteroatoms. The van der Waals surface area contributed by atoms with Crippen molar-refractivity contribution in [2.75, 3.05) is 10.5 Å². The van der Waals surface area contributed by atoms with Gasteiger partial charge in [0.1, 0.15) is 0 Å². The van der Waals surface area contributed by atoms with E-state index in [4.69, 9.17) is 5.73 Å². The Morgan fingerprint density at radius 2 is 1.71 bits per heavy atom. The number of benzene rings is 2. The van der Waals surface area contributed by atoms with E-state index in [2.05, 4.69) is 9.71 Å². The second-order valence-electron chi connectivity index (χ2n) is 5.39. The van der Waals surface area contributed by atoms with Gasteiger partial charge in [-0.1, -0.05) is 18.2 Å². The van der Waals surface area contributed by atoms with E-state index >= 15 is 0 Å².